The minimum Gasteiger partial charge on any atom is -0.300 e. The number of fused-ring (bicyclic) bond motifs is 1. The summed E-state index contributed by atoms with van der Waals surface area (Å²) in [5.41, 5.74) is 2.49. The van der Waals surface area contributed by atoms with Crippen molar-refractivity contribution in [1.29, 1.82) is 0 Å². The summed E-state index contributed by atoms with van der Waals surface area (Å²) < 4.78 is 0. The minimum atomic E-state index is 0.162. The van der Waals surface area contributed by atoms with Crippen LogP contribution >= 0.6 is 11.6 Å². The molecule has 1 aromatic rings. The van der Waals surface area contributed by atoms with Crippen LogP contribution in [0.25, 0.3) is 0 Å². The van der Waals surface area contributed by atoms with Gasteiger partial charge in [-0.3, -0.25) is 0 Å². The van der Waals surface area contributed by atoms with Gasteiger partial charge in [-0.1, -0.05) is 30.7 Å². The van der Waals surface area contributed by atoms with E-state index in [0.717, 1.165) is 36.8 Å². The maximum atomic E-state index is 5.90. The van der Waals surface area contributed by atoms with Crippen LogP contribution in [-0.4, -0.2) is 61.0 Å². The summed E-state index contributed by atoms with van der Waals surface area (Å²) in [4.78, 5) is 5.19. The van der Waals surface area contributed by atoms with E-state index in [-0.39, 0.29) is 5.41 Å². The van der Waals surface area contributed by atoms with Crippen LogP contribution in [-0.2, 0) is 0 Å². The van der Waals surface area contributed by atoms with Crippen molar-refractivity contribution >= 4 is 23.5 Å². The summed E-state index contributed by atoms with van der Waals surface area (Å²) in [5, 5.41) is 9.78. The zero-order valence-corrected chi connectivity index (χ0v) is 13.6. The molecule has 5 rings (SSSR count). The molecule has 4 aliphatic rings. The summed E-state index contributed by atoms with van der Waals surface area (Å²) in [7, 11) is 0. The Morgan fingerprint density at radius 1 is 1.14 bits per heavy atom. The van der Waals surface area contributed by atoms with Crippen molar-refractivity contribution in [2.45, 2.75) is 6.92 Å². The first kappa shape index (κ1) is 14.4. The Bertz CT molecular complexity index is 606. The molecule has 116 valence electrons. The van der Waals surface area contributed by atoms with Crippen LogP contribution in [0, 0.1) is 11.3 Å². The van der Waals surface area contributed by atoms with Crippen molar-refractivity contribution in [1.82, 2.24) is 9.80 Å². The molecule has 0 aliphatic carbocycles. The summed E-state index contributed by atoms with van der Waals surface area (Å²) in [5.74, 6) is 0.539. The highest BCUT2D eigenvalue weighted by atomic mass is 35.5. The molecular formula is C17H21ClN4. The second kappa shape index (κ2) is 5.44. The molecule has 0 aromatic heterocycles. The Morgan fingerprint density at radius 3 is 2.36 bits per heavy atom. The first-order valence-electron chi connectivity index (χ1n) is 7.94. The SMILES string of the molecule is CC12CN3CCN(CC(C3)/C1=N\N=C/c1ccc(Cl)cc1)C2. The highest BCUT2D eigenvalue weighted by Crippen LogP contribution is 2.38. The van der Waals surface area contributed by atoms with Crippen LogP contribution in [0.5, 0.6) is 0 Å². The average molecular weight is 317 g/mol. The number of nitrogens with zero attached hydrogens (tertiary/aromatic N) is 4. The van der Waals surface area contributed by atoms with Gasteiger partial charge in [0, 0.05) is 55.6 Å². The Balaban J connectivity index is 1.58. The Labute approximate surface area is 136 Å². The van der Waals surface area contributed by atoms with Gasteiger partial charge in [0.15, 0.2) is 0 Å². The minimum absolute atomic E-state index is 0.162. The number of piperidine rings is 2. The lowest BCUT2D eigenvalue weighted by atomic mass is 9.72. The van der Waals surface area contributed by atoms with Crippen molar-refractivity contribution < 1.29 is 0 Å². The van der Waals surface area contributed by atoms with E-state index >= 15 is 0 Å². The molecule has 4 fully saturated rings. The molecule has 5 heteroatoms. The van der Waals surface area contributed by atoms with Crippen molar-refractivity contribution in [2.24, 2.45) is 21.5 Å². The van der Waals surface area contributed by atoms with E-state index in [1.54, 1.807) is 0 Å². The largest absolute Gasteiger partial charge is 0.300 e. The van der Waals surface area contributed by atoms with Gasteiger partial charge in [-0.15, -0.1) is 0 Å². The van der Waals surface area contributed by atoms with Crippen molar-refractivity contribution in [3.05, 3.63) is 34.9 Å². The molecule has 2 unspecified atom stereocenters. The van der Waals surface area contributed by atoms with Gasteiger partial charge in [-0.25, -0.2) is 0 Å². The zero-order valence-electron chi connectivity index (χ0n) is 12.9. The van der Waals surface area contributed by atoms with Gasteiger partial charge in [0.1, 0.15) is 0 Å². The first-order chi connectivity index (χ1) is 10.6. The van der Waals surface area contributed by atoms with E-state index in [1.807, 2.05) is 30.5 Å². The van der Waals surface area contributed by atoms with Crippen LogP contribution in [0.4, 0.5) is 0 Å². The number of rotatable bonds is 2. The maximum absolute atomic E-state index is 5.90. The number of benzene rings is 1. The zero-order chi connectivity index (χ0) is 15.2. The molecule has 1 aromatic carbocycles. The van der Waals surface area contributed by atoms with Crippen molar-refractivity contribution in [3.8, 4) is 0 Å². The molecule has 0 N–H and O–H groups in total. The third kappa shape index (κ3) is 2.60. The van der Waals surface area contributed by atoms with E-state index in [2.05, 4.69) is 26.9 Å². The lowest BCUT2D eigenvalue weighted by Crippen LogP contribution is -2.59. The first-order valence-corrected chi connectivity index (χ1v) is 8.32. The molecular weight excluding hydrogens is 296 g/mol. The Hall–Kier alpha value is -1.23. The lowest BCUT2D eigenvalue weighted by molar-refractivity contribution is 0.130. The van der Waals surface area contributed by atoms with Gasteiger partial charge in [-0.05, 0) is 17.7 Å². The van der Waals surface area contributed by atoms with E-state index in [0.29, 0.717) is 5.92 Å². The lowest BCUT2D eigenvalue weighted by Gasteiger charge is -2.48. The van der Waals surface area contributed by atoms with Gasteiger partial charge < -0.3 is 9.80 Å². The molecule has 0 radical (unpaired) electrons. The molecule has 0 spiro atoms. The standard InChI is InChI=1S/C17H21ClN4/c1-17-11-21-6-7-22(12-17)10-14(9-21)16(17)20-19-8-13-2-4-15(18)5-3-13/h2-5,8,14H,6-7,9-12H2,1H3/b19-8-,20-16+. The fraction of sp³-hybridized carbons (Fsp3) is 0.529. The van der Waals surface area contributed by atoms with Gasteiger partial charge in [0.05, 0.1) is 11.9 Å². The van der Waals surface area contributed by atoms with Crippen LogP contribution < -0.4 is 0 Å². The molecule has 0 amide bonds. The molecule has 2 atom stereocenters. The fourth-order valence-electron chi connectivity index (χ4n) is 4.21. The van der Waals surface area contributed by atoms with E-state index < -0.39 is 0 Å². The third-order valence-corrected chi connectivity index (χ3v) is 5.33. The van der Waals surface area contributed by atoms with Gasteiger partial charge >= 0.3 is 0 Å². The molecule has 4 saturated heterocycles. The molecule has 4 nitrogen and oxygen atoms in total. The molecule has 4 aliphatic heterocycles. The summed E-state index contributed by atoms with van der Waals surface area (Å²) >= 11 is 5.90. The summed E-state index contributed by atoms with van der Waals surface area (Å²) in [6.45, 7) is 9.27. The molecule has 22 heavy (non-hydrogen) atoms. The topological polar surface area (TPSA) is 31.2 Å². The van der Waals surface area contributed by atoms with Crippen molar-refractivity contribution in [3.63, 3.8) is 0 Å². The van der Waals surface area contributed by atoms with Gasteiger partial charge in [0.25, 0.3) is 0 Å². The van der Waals surface area contributed by atoms with Gasteiger partial charge in [-0.2, -0.15) is 10.2 Å². The summed E-state index contributed by atoms with van der Waals surface area (Å²) in [6, 6.07) is 7.69. The number of hydrogen-bond donors (Lipinski definition) is 0. The van der Waals surface area contributed by atoms with Crippen LogP contribution in [0.2, 0.25) is 5.02 Å². The third-order valence-electron chi connectivity index (χ3n) is 5.08. The average Bonchev–Trinajstić information content (AvgIpc) is 2.71. The molecule has 4 bridgehead atoms. The van der Waals surface area contributed by atoms with Crippen LogP contribution in [0.3, 0.4) is 0 Å². The highest BCUT2D eigenvalue weighted by molar-refractivity contribution is 6.30. The summed E-state index contributed by atoms with van der Waals surface area (Å²) in [6.07, 6.45) is 1.83. The highest BCUT2D eigenvalue weighted by Gasteiger charge is 2.49. The van der Waals surface area contributed by atoms with E-state index in [1.165, 1.54) is 18.8 Å². The predicted octanol–water partition coefficient (Wildman–Crippen LogP) is 2.38. The second-order valence-corrected chi connectivity index (χ2v) is 7.45. The van der Waals surface area contributed by atoms with Crippen LogP contribution in [0.15, 0.2) is 34.5 Å². The number of halogens is 1. The fourth-order valence-corrected chi connectivity index (χ4v) is 4.33. The monoisotopic (exact) mass is 316 g/mol. The smallest absolute Gasteiger partial charge is 0.0568 e. The van der Waals surface area contributed by atoms with Crippen LogP contribution in [0.1, 0.15) is 12.5 Å². The Morgan fingerprint density at radius 2 is 1.77 bits per heavy atom. The van der Waals surface area contributed by atoms with Crippen molar-refractivity contribution in [2.75, 3.05) is 39.3 Å². The second-order valence-electron chi connectivity index (χ2n) is 7.01. The van der Waals surface area contributed by atoms with E-state index in [9.17, 15) is 0 Å². The van der Waals surface area contributed by atoms with E-state index in [4.69, 9.17) is 11.6 Å². The van der Waals surface area contributed by atoms with Gasteiger partial charge in [0.2, 0.25) is 0 Å². The number of hydrogen-bond acceptors (Lipinski definition) is 4. The quantitative estimate of drug-likeness (QED) is 0.619. The molecule has 4 heterocycles. The maximum Gasteiger partial charge on any atom is 0.0568 e. The predicted molar refractivity (Wildman–Crippen MR) is 91.0 cm³/mol. The Kier molecular flexibility index (Phi) is 3.56. The normalized spacial score (nSPS) is 38.8. The molecule has 0 saturated carbocycles.